The Labute approximate surface area is 161 Å². The second-order valence-corrected chi connectivity index (χ2v) is 7.12. The molecule has 142 valence electrons. The zero-order valence-electron chi connectivity index (χ0n) is 16.3. The minimum atomic E-state index is -0.337. The second-order valence-electron chi connectivity index (χ2n) is 7.12. The molecule has 1 aromatic carbocycles. The van der Waals surface area contributed by atoms with Crippen molar-refractivity contribution in [1.29, 1.82) is 0 Å². The summed E-state index contributed by atoms with van der Waals surface area (Å²) in [7, 11) is 1.67. The Bertz CT molecular complexity index is 868. The van der Waals surface area contributed by atoms with Gasteiger partial charge in [-0.05, 0) is 37.1 Å². The number of hydrogen-bond acceptors (Lipinski definition) is 5. The molecule has 3 rings (SSSR count). The zero-order valence-corrected chi connectivity index (χ0v) is 16.3. The Morgan fingerprint density at radius 2 is 2.11 bits per heavy atom. The van der Waals surface area contributed by atoms with Gasteiger partial charge in [0.1, 0.15) is 11.6 Å². The molecule has 1 fully saturated rings. The standard InChI is InChI=1S/C21H27N5O/c1-5-6-11-24-19-17(14(2)25-20(22)26-19)13-15-12-16(7-8-18(15)27-4)21(23-3)9-10-21/h7-8,12H,5-6,9-11,13H2,1-2,4H3,(H3,22,24,25,26). The third-order valence-electron chi connectivity index (χ3n) is 5.18. The van der Waals surface area contributed by atoms with Crippen LogP contribution in [-0.4, -0.2) is 23.6 Å². The SMILES string of the molecule is [C-]#[N+]C1(c2ccc(OC)c(Cc3c(C)nc(N)nc3NCCCC)c2)CC1. The second kappa shape index (κ2) is 7.83. The van der Waals surface area contributed by atoms with Crippen LogP contribution in [0, 0.1) is 13.5 Å². The van der Waals surface area contributed by atoms with Gasteiger partial charge in [0.25, 0.3) is 5.54 Å². The van der Waals surface area contributed by atoms with Gasteiger partial charge in [-0.15, -0.1) is 0 Å². The fraction of sp³-hybridized carbons (Fsp3) is 0.476. The van der Waals surface area contributed by atoms with Crippen LogP contribution < -0.4 is 15.8 Å². The molecule has 0 unspecified atom stereocenters. The molecule has 3 N–H and O–H groups in total. The summed E-state index contributed by atoms with van der Waals surface area (Å²) in [5.41, 5.74) is 9.52. The van der Waals surface area contributed by atoms with E-state index < -0.39 is 0 Å². The molecule has 1 saturated carbocycles. The van der Waals surface area contributed by atoms with Crippen molar-refractivity contribution in [1.82, 2.24) is 9.97 Å². The van der Waals surface area contributed by atoms with Gasteiger partial charge in [-0.1, -0.05) is 13.3 Å². The van der Waals surface area contributed by atoms with Crippen LogP contribution in [0.1, 0.15) is 55.0 Å². The molecule has 2 aromatic rings. The van der Waals surface area contributed by atoms with Crippen LogP contribution >= 0.6 is 0 Å². The maximum atomic E-state index is 7.53. The van der Waals surface area contributed by atoms with E-state index in [0.717, 1.165) is 66.2 Å². The molecule has 0 spiro atoms. The van der Waals surface area contributed by atoms with E-state index >= 15 is 0 Å². The summed E-state index contributed by atoms with van der Waals surface area (Å²) >= 11 is 0. The molecule has 6 heteroatoms. The summed E-state index contributed by atoms with van der Waals surface area (Å²) in [6.07, 6.45) is 4.66. The van der Waals surface area contributed by atoms with Gasteiger partial charge in [-0.2, -0.15) is 4.98 Å². The van der Waals surface area contributed by atoms with Crippen LogP contribution in [0.5, 0.6) is 5.75 Å². The molecule has 0 radical (unpaired) electrons. The number of methoxy groups -OCH3 is 1. The molecule has 0 bridgehead atoms. The Morgan fingerprint density at radius 3 is 2.74 bits per heavy atom. The highest BCUT2D eigenvalue weighted by molar-refractivity contribution is 5.54. The number of ether oxygens (including phenoxy) is 1. The van der Waals surface area contributed by atoms with Gasteiger partial charge in [-0.25, -0.2) is 11.6 Å². The van der Waals surface area contributed by atoms with Crippen LogP contribution in [0.25, 0.3) is 4.85 Å². The normalized spacial score (nSPS) is 14.4. The lowest BCUT2D eigenvalue weighted by Crippen LogP contribution is -2.12. The quantitative estimate of drug-likeness (QED) is 0.544. The lowest BCUT2D eigenvalue weighted by molar-refractivity contribution is 0.410. The van der Waals surface area contributed by atoms with Crippen LogP contribution in [0.15, 0.2) is 18.2 Å². The molecular weight excluding hydrogens is 338 g/mol. The Balaban J connectivity index is 1.97. The van der Waals surface area contributed by atoms with Crippen LogP contribution in [0.4, 0.5) is 11.8 Å². The first-order valence-corrected chi connectivity index (χ1v) is 9.46. The number of nitrogens with two attached hydrogens (primary N) is 1. The number of unbranched alkanes of at least 4 members (excludes halogenated alkanes) is 1. The Hall–Kier alpha value is -2.81. The van der Waals surface area contributed by atoms with E-state index in [1.54, 1.807) is 7.11 Å². The first-order chi connectivity index (χ1) is 13.0. The van der Waals surface area contributed by atoms with E-state index in [1.165, 1.54) is 0 Å². The first-order valence-electron chi connectivity index (χ1n) is 9.46. The van der Waals surface area contributed by atoms with Gasteiger partial charge in [0.05, 0.1) is 7.11 Å². The molecule has 1 aromatic heterocycles. The predicted octanol–water partition coefficient (Wildman–Crippen LogP) is 4.09. The maximum absolute atomic E-state index is 7.53. The number of benzene rings is 1. The average Bonchev–Trinajstić information content (AvgIpc) is 3.46. The van der Waals surface area contributed by atoms with E-state index in [1.807, 2.05) is 19.1 Å². The monoisotopic (exact) mass is 365 g/mol. The lowest BCUT2D eigenvalue weighted by Gasteiger charge is -2.16. The highest BCUT2D eigenvalue weighted by atomic mass is 16.5. The summed E-state index contributed by atoms with van der Waals surface area (Å²) < 4.78 is 5.58. The summed E-state index contributed by atoms with van der Waals surface area (Å²) in [5, 5.41) is 3.40. The number of aromatic nitrogens is 2. The summed E-state index contributed by atoms with van der Waals surface area (Å²) in [6.45, 7) is 12.5. The molecule has 0 aliphatic heterocycles. The van der Waals surface area contributed by atoms with Crippen molar-refractivity contribution in [2.24, 2.45) is 0 Å². The smallest absolute Gasteiger partial charge is 0.258 e. The molecule has 0 saturated heterocycles. The van der Waals surface area contributed by atoms with Gasteiger partial charge < -0.3 is 20.6 Å². The van der Waals surface area contributed by atoms with Crippen molar-refractivity contribution in [3.63, 3.8) is 0 Å². The summed E-state index contributed by atoms with van der Waals surface area (Å²) in [5.74, 6) is 1.88. The van der Waals surface area contributed by atoms with Crippen molar-refractivity contribution >= 4 is 11.8 Å². The largest absolute Gasteiger partial charge is 0.496 e. The van der Waals surface area contributed by atoms with Crippen molar-refractivity contribution in [3.8, 4) is 5.75 Å². The number of anilines is 2. The van der Waals surface area contributed by atoms with Crippen LogP contribution in [-0.2, 0) is 12.0 Å². The van der Waals surface area contributed by atoms with E-state index in [0.29, 0.717) is 6.42 Å². The molecule has 1 aliphatic carbocycles. The topological polar surface area (TPSA) is 77.4 Å². The lowest BCUT2D eigenvalue weighted by atomic mass is 9.97. The molecule has 6 nitrogen and oxygen atoms in total. The van der Waals surface area contributed by atoms with E-state index in [2.05, 4.69) is 33.1 Å². The fourth-order valence-corrected chi connectivity index (χ4v) is 3.34. The van der Waals surface area contributed by atoms with E-state index in [4.69, 9.17) is 17.0 Å². The minimum absolute atomic E-state index is 0.279. The molecule has 27 heavy (non-hydrogen) atoms. The van der Waals surface area contributed by atoms with Crippen LogP contribution in [0.2, 0.25) is 0 Å². The fourth-order valence-electron chi connectivity index (χ4n) is 3.34. The Morgan fingerprint density at radius 1 is 1.33 bits per heavy atom. The summed E-state index contributed by atoms with van der Waals surface area (Å²) in [4.78, 5) is 12.6. The first kappa shape index (κ1) is 19.0. The van der Waals surface area contributed by atoms with Gasteiger partial charge in [0.2, 0.25) is 5.95 Å². The van der Waals surface area contributed by atoms with Crippen molar-refractivity contribution in [3.05, 3.63) is 52.0 Å². The number of nitrogen functional groups attached to an aromatic ring is 1. The molecule has 1 heterocycles. The molecule has 0 amide bonds. The van der Waals surface area contributed by atoms with Gasteiger partial charge >= 0.3 is 0 Å². The highest BCUT2D eigenvalue weighted by Gasteiger charge is 2.52. The predicted molar refractivity (Wildman–Crippen MR) is 108 cm³/mol. The van der Waals surface area contributed by atoms with Crippen molar-refractivity contribution in [2.45, 2.75) is 51.5 Å². The average molecular weight is 365 g/mol. The third-order valence-corrected chi connectivity index (χ3v) is 5.18. The number of nitrogens with zero attached hydrogens (tertiary/aromatic N) is 3. The molecule has 1 aliphatic rings. The van der Waals surface area contributed by atoms with Gasteiger partial charge in [0, 0.05) is 42.6 Å². The number of nitrogens with one attached hydrogen (secondary N) is 1. The van der Waals surface area contributed by atoms with Gasteiger partial charge in [0.15, 0.2) is 0 Å². The van der Waals surface area contributed by atoms with E-state index in [9.17, 15) is 0 Å². The van der Waals surface area contributed by atoms with E-state index in [-0.39, 0.29) is 11.5 Å². The minimum Gasteiger partial charge on any atom is -0.496 e. The highest BCUT2D eigenvalue weighted by Crippen LogP contribution is 2.50. The number of hydrogen-bond donors (Lipinski definition) is 2. The number of aryl methyl sites for hydroxylation is 1. The third kappa shape index (κ3) is 3.97. The zero-order chi connectivity index (χ0) is 19.4. The summed E-state index contributed by atoms with van der Waals surface area (Å²) in [6, 6.07) is 6.09. The van der Waals surface area contributed by atoms with Crippen molar-refractivity contribution in [2.75, 3.05) is 24.7 Å². The Kier molecular flexibility index (Phi) is 5.50. The van der Waals surface area contributed by atoms with Crippen molar-refractivity contribution < 1.29 is 4.74 Å². The number of rotatable bonds is 8. The molecule has 0 atom stereocenters. The molecular formula is C21H27N5O. The van der Waals surface area contributed by atoms with Crippen LogP contribution in [0.3, 0.4) is 0 Å². The van der Waals surface area contributed by atoms with Gasteiger partial charge in [-0.3, -0.25) is 0 Å². The maximum Gasteiger partial charge on any atom is 0.258 e.